The number of ether oxygens (including phenoxy) is 1. The summed E-state index contributed by atoms with van der Waals surface area (Å²) < 4.78 is 5.88. The van der Waals surface area contributed by atoms with Gasteiger partial charge in [-0.05, 0) is 85.9 Å². The molecule has 5 heteroatoms. The second-order valence-electron chi connectivity index (χ2n) is 9.16. The first kappa shape index (κ1) is 20.0. The van der Waals surface area contributed by atoms with Crippen LogP contribution < -0.4 is 15.8 Å². The van der Waals surface area contributed by atoms with Crippen LogP contribution >= 0.6 is 0 Å². The van der Waals surface area contributed by atoms with Crippen molar-refractivity contribution in [2.24, 2.45) is 28.0 Å². The summed E-state index contributed by atoms with van der Waals surface area (Å²) in [5, 5.41) is 3.50. The highest BCUT2D eigenvalue weighted by Crippen LogP contribution is 2.53. The van der Waals surface area contributed by atoms with Crippen LogP contribution in [0.15, 0.2) is 71.2 Å². The van der Waals surface area contributed by atoms with Gasteiger partial charge in [-0.3, -0.25) is 9.79 Å². The highest BCUT2D eigenvalue weighted by molar-refractivity contribution is 6.27. The third kappa shape index (κ3) is 4.15. The SMILES string of the molecule is NC(=O)C1=CC(C2CC3(CCNC3)C2)CCN=C1c1ccc(Oc2ccccc2)cc1. The van der Waals surface area contributed by atoms with Crippen LogP contribution in [0.5, 0.6) is 11.5 Å². The van der Waals surface area contributed by atoms with Gasteiger partial charge in [0.15, 0.2) is 0 Å². The summed E-state index contributed by atoms with van der Waals surface area (Å²) in [6.07, 6.45) is 6.86. The average Bonchev–Trinajstić information content (AvgIpc) is 3.15. The Labute approximate surface area is 183 Å². The zero-order chi connectivity index (χ0) is 21.3. The number of carbonyl (C=O) groups excluding carboxylic acids is 1. The van der Waals surface area contributed by atoms with Crippen LogP contribution in [0.1, 0.15) is 31.2 Å². The molecule has 1 saturated carbocycles. The molecule has 1 aliphatic carbocycles. The first-order valence-electron chi connectivity index (χ1n) is 11.2. The number of hydrogen-bond donors (Lipinski definition) is 2. The maximum Gasteiger partial charge on any atom is 0.250 e. The fraction of sp³-hybridized carbons (Fsp3) is 0.385. The number of rotatable bonds is 5. The number of aliphatic imine (C=N–C) groups is 1. The normalized spacial score (nSPS) is 27.7. The molecule has 0 aromatic heterocycles. The van der Waals surface area contributed by atoms with Gasteiger partial charge in [-0.25, -0.2) is 0 Å². The number of primary amides is 1. The van der Waals surface area contributed by atoms with Crippen molar-refractivity contribution in [2.75, 3.05) is 19.6 Å². The number of benzene rings is 2. The van der Waals surface area contributed by atoms with E-state index in [1.807, 2.05) is 54.6 Å². The maximum absolute atomic E-state index is 12.4. The van der Waals surface area contributed by atoms with Crippen molar-refractivity contribution in [3.63, 3.8) is 0 Å². The predicted molar refractivity (Wildman–Crippen MR) is 122 cm³/mol. The largest absolute Gasteiger partial charge is 0.457 e. The summed E-state index contributed by atoms with van der Waals surface area (Å²) in [7, 11) is 0. The number of nitrogens with one attached hydrogen (secondary N) is 1. The number of nitrogens with zero attached hydrogens (tertiary/aromatic N) is 1. The van der Waals surface area contributed by atoms with Gasteiger partial charge in [0, 0.05) is 18.7 Å². The van der Waals surface area contributed by atoms with E-state index in [1.165, 1.54) is 19.3 Å². The predicted octanol–water partition coefficient (Wildman–Crippen LogP) is 4.09. The first-order valence-corrected chi connectivity index (χ1v) is 11.2. The lowest BCUT2D eigenvalue weighted by molar-refractivity contribution is -0.114. The van der Waals surface area contributed by atoms with Gasteiger partial charge >= 0.3 is 0 Å². The Morgan fingerprint density at radius 1 is 1.06 bits per heavy atom. The van der Waals surface area contributed by atoms with Crippen LogP contribution in [0.2, 0.25) is 0 Å². The molecule has 3 N–H and O–H groups in total. The molecule has 2 heterocycles. The fourth-order valence-corrected chi connectivity index (χ4v) is 5.41. The van der Waals surface area contributed by atoms with E-state index in [4.69, 9.17) is 15.5 Å². The highest BCUT2D eigenvalue weighted by Gasteiger charge is 2.48. The Bertz CT molecular complexity index is 997. The quantitative estimate of drug-likeness (QED) is 0.772. The van der Waals surface area contributed by atoms with Crippen molar-refractivity contribution < 1.29 is 9.53 Å². The minimum atomic E-state index is -0.396. The van der Waals surface area contributed by atoms with Crippen LogP contribution in [0, 0.1) is 17.3 Å². The van der Waals surface area contributed by atoms with Crippen molar-refractivity contribution in [3.8, 4) is 11.5 Å². The Morgan fingerprint density at radius 3 is 2.48 bits per heavy atom. The van der Waals surface area contributed by atoms with E-state index >= 15 is 0 Å². The van der Waals surface area contributed by atoms with E-state index in [-0.39, 0.29) is 0 Å². The molecule has 0 bridgehead atoms. The van der Waals surface area contributed by atoms with Gasteiger partial charge in [0.25, 0.3) is 5.91 Å². The molecular weight excluding hydrogens is 386 g/mol. The maximum atomic E-state index is 12.4. The molecule has 160 valence electrons. The molecule has 2 aliphatic heterocycles. The molecule has 3 aliphatic rings. The summed E-state index contributed by atoms with van der Waals surface area (Å²) >= 11 is 0. The highest BCUT2D eigenvalue weighted by atomic mass is 16.5. The standard InChI is InChI=1S/C26H29N3O2/c27-25(30)23-14-19(20-15-26(16-20)11-13-28-17-26)10-12-29-24(23)18-6-8-22(9-7-18)31-21-4-2-1-3-5-21/h1-9,14,19-20,28H,10-13,15-17H2,(H2,27,30). The summed E-state index contributed by atoms with van der Waals surface area (Å²) in [5.74, 6) is 2.14. The Kier molecular flexibility index (Phi) is 5.36. The monoisotopic (exact) mass is 415 g/mol. The molecule has 5 nitrogen and oxygen atoms in total. The second-order valence-corrected chi connectivity index (χ2v) is 9.16. The van der Waals surface area contributed by atoms with Gasteiger partial charge in [-0.1, -0.05) is 24.3 Å². The molecule has 1 saturated heterocycles. The lowest BCUT2D eigenvalue weighted by Crippen LogP contribution is -2.42. The van der Waals surface area contributed by atoms with Crippen molar-refractivity contribution in [2.45, 2.75) is 25.7 Å². The zero-order valence-electron chi connectivity index (χ0n) is 17.7. The number of nitrogens with two attached hydrogens (primary N) is 1. The van der Waals surface area contributed by atoms with Crippen LogP contribution in [0.4, 0.5) is 0 Å². The van der Waals surface area contributed by atoms with Gasteiger partial charge in [0.2, 0.25) is 0 Å². The van der Waals surface area contributed by atoms with E-state index in [9.17, 15) is 4.79 Å². The van der Waals surface area contributed by atoms with Crippen molar-refractivity contribution in [1.29, 1.82) is 0 Å². The van der Waals surface area contributed by atoms with Gasteiger partial charge in [0.1, 0.15) is 11.5 Å². The molecule has 2 fully saturated rings. The third-order valence-corrected chi connectivity index (χ3v) is 7.07. The van der Waals surface area contributed by atoms with E-state index in [0.29, 0.717) is 28.5 Å². The van der Waals surface area contributed by atoms with Crippen LogP contribution in [0.3, 0.4) is 0 Å². The summed E-state index contributed by atoms with van der Waals surface area (Å²) in [4.78, 5) is 17.1. The lowest BCUT2D eigenvalue weighted by atomic mass is 9.57. The van der Waals surface area contributed by atoms with Crippen LogP contribution in [-0.2, 0) is 4.79 Å². The number of amides is 1. The Morgan fingerprint density at radius 2 is 1.81 bits per heavy atom. The molecule has 1 spiro atoms. The average molecular weight is 416 g/mol. The van der Waals surface area contributed by atoms with Gasteiger partial charge in [-0.2, -0.15) is 0 Å². The molecule has 2 aromatic carbocycles. The Balaban J connectivity index is 1.33. The molecule has 1 unspecified atom stereocenters. The number of allylic oxidation sites excluding steroid dienone is 1. The second kappa shape index (κ2) is 8.31. The van der Waals surface area contributed by atoms with Gasteiger partial charge in [-0.15, -0.1) is 0 Å². The van der Waals surface area contributed by atoms with E-state index in [0.717, 1.165) is 43.1 Å². The Hall–Kier alpha value is -2.92. The molecule has 31 heavy (non-hydrogen) atoms. The summed E-state index contributed by atoms with van der Waals surface area (Å²) in [5.41, 5.74) is 8.47. The molecule has 1 atom stereocenters. The van der Waals surface area contributed by atoms with Crippen LogP contribution in [0.25, 0.3) is 0 Å². The number of carbonyl (C=O) groups is 1. The summed E-state index contributed by atoms with van der Waals surface area (Å²) in [6, 6.07) is 17.4. The van der Waals surface area contributed by atoms with E-state index < -0.39 is 5.91 Å². The van der Waals surface area contributed by atoms with Crippen molar-refractivity contribution in [3.05, 3.63) is 71.8 Å². The topological polar surface area (TPSA) is 76.7 Å². The van der Waals surface area contributed by atoms with Crippen molar-refractivity contribution in [1.82, 2.24) is 5.32 Å². The fourth-order valence-electron chi connectivity index (χ4n) is 5.41. The minimum absolute atomic E-state index is 0.371. The smallest absolute Gasteiger partial charge is 0.250 e. The van der Waals surface area contributed by atoms with Gasteiger partial charge < -0.3 is 15.8 Å². The van der Waals surface area contributed by atoms with E-state index in [2.05, 4.69) is 11.4 Å². The third-order valence-electron chi connectivity index (χ3n) is 7.07. The molecular formula is C26H29N3O2. The molecule has 0 radical (unpaired) electrons. The lowest BCUT2D eigenvalue weighted by Gasteiger charge is -2.48. The molecule has 2 aromatic rings. The van der Waals surface area contributed by atoms with Crippen molar-refractivity contribution >= 4 is 11.6 Å². The van der Waals surface area contributed by atoms with Crippen LogP contribution in [-0.4, -0.2) is 31.3 Å². The molecule has 1 amide bonds. The number of hydrogen-bond acceptors (Lipinski definition) is 4. The zero-order valence-corrected chi connectivity index (χ0v) is 17.7. The number of para-hydroxylation sites is 1. The first-order chi connectivity index (χ1) is 15.1. The van der Waals surface area contributed by atoms with Gasteiger partial charge in [0.05, 0.1) is 11.3 Å². The summed E-state index contributed by atoms with van der Waals surface area (Å²) in [6.45, 7) is 3.00. The van der Waals surface area contributed by atoms with E-state index in [1.54, 1.807) is 0 Å². The minimum Gasteiger partial charge on any atom is -0.457 e. The molecule has 5 rings (SSSR count).